The Hall–Kier alpha value is -1.62. The zero-order valence-electron chi connectivity index (χ0n) is 10.1. The summed E-state index contributed by atoms with van der Waals surface area (Å²) in [5.41, 5.74) is 1.62. The van der Waals surface area contributed by atoms with Crippen molar-refractivity contribution in [1.29, 1.82) is 0 Å². The maximum absolute atomic E-state index is 11.7. The molecule has 0 saturated heterocycles. The van der Waals surface area contributed by atoms with E-state index < -0.39 is 0 Å². The molecule has 0 aliphatic heterocycles. The number of halogens is 1. The maximum Gasteiger partial charge on any atom is 0.251 e. The molecule has 18 heavy (non-hydrogen) atoms. The second-order valence-electron chi connectivity index (χ2n) is 3.84. The number of carbonyl (C=O) groups is 2. The van der Waals surface area contributed by atoms with E-state index >= 15 is 0 Å². The second-order valence-corrected chi connectivity index (χ2v) is 4.96. The summed E-state index contributed by atoms with van der Waals surface area (Å²) in [4.78, 5) is 23.0. The molecule has 0 aliphatic carbocycles. The number of rotatable bonds is 5. The molecule has 5 heteroatoms. The van der Waals surface area contributed by atoms with Gasteiger partial charge in [-0.2, -0.15) is 0 Å². The molecule has 0 heterocycles. The number of hydrogen-bond donors (Lipinski definition) is 2. The summed E-state index contributed by atoms with van der Waals surface area (Å²) in [5, 5.41) is 5.14. The van der Waals surface area contributed by atoms with Crippen LogP contribution in [-0.4, -0.2) is 24.9 Å². The summed E-state index contributed by atoms with van der Waals surface area (Å²) < 4.78 is 0.681. The normalized spacial score (nSPS) is 9.67. The van der Waals surface area contributed by atoms with Crippen molar-refractivity contribution in [1.82, 2.24) is 10.6 Å². The second kappa shape index (κ2) is 6.96. The lowest BCUT2D eigenvalue weighted by molar-refractivity contribution is -0.119. The van der Waals surface area contributed by atoms with Gasteiger partial charge in [0.2, 0.25) is 5.91 Å². The number of aryl methyl sites for hydroxylation is 1. The highest BCUT2D eigenvalue weighted by atomic mass is 79.9. The van der Waals surface area contributed by atoms with E-state index in [0.717, 1.165) is 5.56 Å². The fraction of sp³-hybridized carbons (Fsp3) is 0.231. The van der Waals surface area contributed by atoms with Gasteiger partial charge in [-0.1, -0.05) is 40.2 Å². The zero-order valence-corrected chi connectivity index (χ0v) is 11.7. The van der Waals surface area contributed by atoms with Crippen LogP contribution in [-0.2, 0) is 4.79 Å². The molecular formula is C13H15BrN2O2. The van der Waals surface area contributed by atoms with Crippen LogP contribution in [0.3, 0.4) is 0 Å². The maximum atomic E-state index is 11.7. The summed E-state index contributed by atoms with van der Waals surface area (Å²) in [6.07, 6.45) is 0. The Morgan fingerprint density at radius 1 is 1.17 bits per heavy atom. The molecule has 96 valence electrons. The molecule has 1 aromatic carbocycles. The Balaban J connectivity index is 2.39. The van der Waals surface area contributed by atoms with Crippen molar-refractivity contribution in [3.05, 3.63) is 46.5 Å². The highest BCUT2D eigenvalue weighted by Crippen LogP contribution is 2.02. The van der Waals surface area contributed by atoms with E-state index in [1.165, 1.54) is 0 Å². The molecule has 2 N–H and O–H groups in total. The molecule has 0 aliphatic rings. The molecule has 1 aromatic rings. The van der Waals surface area contributed by atoms with Gasteiger partial charge in [-0.05, 0) is 19.1 Å². The van der Waals surface area contributed by atoms with E-state index in [2.05, 4.69) is 33.1 Å². The van der Waals surface area contributed by atoms with E-state index in [1.54, 1.807) is 12.1 Å². The number of carbonyl (C=O) groups excluding carboxylic acids is 2. The van der Waals surface area contributed by atoms with Gasteiger partial charge in [-0.25, -0.2) is 0 Å². The molecule has 2 amide bonds. The number of nitrogens with one attached hydrogen (secondary N) is 2. The van der Waals surface area contributed by atoms with Gasteiger partial charge in [0, 0.05) is 16.6 Å². The van der Waals surface area contributed by atoms with E-state index in [9.17, 15) is 9.59 Å². The molecule has 1 rings (SSSR count). The van der Waals surface area contributed by atoms with Crippen LogP contribution in [0.4, 0.5) is 0 Å². The van der Waals surface area contributed by atoms with E-state index in [-0.39, 0.29) is 18.4 Å². The summed E-state index contributed by atoms with van der Waals surface area (Å²) in [7, 11) is 0. The predicted octanol–water partition coefficient (Wildman–Crippen LogP) is 1.75. The van der Waals surface area contributed by atoms with Crippen molar-refractivity contribution in [3.8, 4) is 0 Å². The first-order valence-electron chi connectivity index (χ1n) is 5.44. The molecule has 4 nitrogen and oxygen atoms in total. The molecule has 0 bridgehead atoms. The third kappa shape index (κ3) is 5.14. The Kier molecular flexibility index (Phi) is 5.58. The summed E-state index contributed by atoms with van der Waals surface area (Å²) >= 11 is 3.13. The number of hydrogen-bond acceptors (Lipinski definition) is 2. The van der Waals surface area contributed by atoms with E-state index in [1.807, 2.05) is 19.1 Å². The largest absolute Gasteiger partial charge is 0.350 e. The van der Waals surface area contributed by atoms with Crippen molar-refractivity contribution in [3.63, 3.8) is 0 Å². The summed E-state index contributed by atoms with van der Waals surface area (Å²) in [6, 6.07) is 7.15. The van der Waals surface area contributed by atoms with Crippen LogP contribution in [0.1, 0.15) is 15.9 Å². The Morgan fingerprint density at radius 3 is 2.33 bits per heavy atom. The first-order valence-corrected chi connectivity index (χ1v) is 6.23. The number of benzene rings is 1. The van der Waals surface area contributed by atoms with Gasteiger partial charge in [-0.3, -0.25) is 9.59 Å². The fourth-order valence-corrected chi connectivity index (χ4v) is 1.36. The standard InChI is InChI=1S/C13H15BrN2O2/c1-9-3-5-11(6-4-9)13(18)16-8-12(17)15-7-10(2)14/h3-6H,2,7-8H2,1H3,(H,15,17)(H,16,18). The highest BCUT2D eigenvalue weighted by Gasteiger charge is 2.07. The molecular weight excluding hydrogens is 296 g/mol. The van der Waals surface area contributed by atoms with Crippen LogP contribution in [0.5, 0.6) is 0 Å². The van der Waals surface area contributed by atoms with Gasteiger partial charge >= 0.3 is 0 Å². The monoisotopic (exact) mass is 310 g/mol. The molecule has 0 spiro atoms. The Labute approximate surface area is 115 Å². The Morgan fingerprint density at radius 2 is 1.78 bits per heavy atom. The van der Waals surface area contributed by atoms with Crippen LogP contribution in [0.15, 0.2) is 35.3 Å². The van der Waals surface area contributed by atoms with Crippen molar-refractivity contribution < 1.29 is 9.59 Å². The first kappa shape index (κ1) is 14.4. The highest BCUT2D eigenvalue weighted by molar-refractivity contribution is 9.11. The van der Waals surface area contributed by atoms with Gasteiger partial charge < -0.3 is 10.6 Å². The van der Waals surface area contributed by atoms with E-state index in [0.29, 0.717) is 16.6 Å². The van der Waals surface area contributed by atoms with Gasteiger partial charge in [-0.15, -0.1) is 0 Å². The predicted molar refractivity (Wildman–Crippen MR) is 74.6 cm³/mol. The number of amides is 2. The van der Waals surface area contributed by atoms with E-state index in [4.69, 9.17) is 0 Å². The lowest BCUT2D eigenvalue weighted by Crippen LogP contribution is -2.37. The molecule has 0 aromatic heterocycles. The first-order chi connectivity index (χ1) is 8.49. The smallest absolute Gasteiger partial charge is 0.251 e. The van der Waals surface area contributed by atoms with Crippen LogP contribution >= 0.6 is 15.9 Å². The molecule has 0 fully saturated rings. The quantitative estimate of drug-likeness (QED) is 0.870. The summed E-state index contributed by atoms with van der Waals surface area (Å²) in [6.45, 7) is 5.84. The lowest BCUT2D eigenvalue weighted by atomic mass is 10.1. The third-order valence-corrected chi connectivity index (χ3v) is 2.48. The topological polar surface area (TPSA) is 58.2 Å². The molecule has 0 unspecified atom stereocenters. The van der Waals surface area contributed by atoms with Crippen LogP contribution in [0, 0.1) is 6.92 Å². The average molecular weight is 311 g/mol. The van der Waals surface area contributed by atoms with Crippen LogP contribution in [0.25, 0.3) is 0 Å². The van der Waals surface area contributed by atoms with Gasteiger partial charge in [0.15, 0.2) is 0 Å². The van der Waals surface area contributed by atoms with Crippen LogP contribution in [0.2, 0.25) is 0 Å². The minimum absolute atomic E-state index is 0.0486. The van der Waals surface area contributed by atoms with Crippen molar-refractivity contribution in [2.24, 2.45) is 0 Å². The SMILES string of the molecule is C=C(Br)CNC(=O)CNC(=O)c1ccc(C)cc1. The Bertz CT molecular complexity index is 455. The molecule has 0 atom stereocenters. The van der Waals surface area contributed by atoms with Gasteiger partial charge in [0.25, 0.3) is 5.91 Å². The van der Waals surface area contributed by atoms with Crippen LogP contribution < -0.4 is 10.6 Å². The lowest BCUT2D eigenvalue weighted by Gasteiger charge is -2.06. The molecule has 0 saturated carbocycles. The van der Waals surface area contributed by atoms with Crippen molar-refractivity contribution in [2.75, 3.05) is 13.1 Å². The third-order valence-electron chi connectivity index (χ3n) is 2.20. The molecule has 0 radical (unpaired) electrons. The van der Waals surface area contributed by atoms with Crippen molar-refractivity contribution >= 4 is 27.7 Å². The average Bonchev–Trinajstić information content (AvgIpc) is 2.34. The minimum Gasteiger partial charge on any atom is -0.350 e. The minimum atomic E-state index is -0.261. The summed E-state index contributed by atoms with van der Waals surface area (Å²) in [5.74, 6) is -0.515. The van der Waals surface area contributed by atoms with Gasteiger partial charge in [0.05, 0.1) is 6.54 Å². The van der Waals surface area contributed by atoms with Gasteiger partial charge in [0.1, 0.15) is 0 Å². The van der Waals surface area contributed by atoms with Crippen molar-refractivity contribution in [2.45, 2.75) is 6.92 Å². The zero-order chi connectivity index (χ0) is 13.5. The fourth-order valence-electron chi connectivity index (χ4n) is 1.22.